The molecule has 2 aromatic rings. The van der Waals surface area contributed by atoms with E-state index in [-0.39, 0.29) is 0 Å². The number of anilines is 1. The van der Waals surface area contributed by atoms with Crippen LogP contribution in [0.2, 0.25) is 0 Å². The first kappa shape index (κ1) is 15.9. The summed E-state index contributed by atoms with van der Waals surface area (Å²) in [5.41, 5.74) is 2.37. The van der Waals surface area contributed by atoms with E-state index in [9.17, 15) is 0 Å². The number of nitrogens with zero attached hydrogens (tertiary/aromatic N) is 4. The lowest BCUT2D eigenvalue weighted by Crippen LogP contribution is -2.23. The van der Waals surface area contributed by atoms with Crippen LogP contribution in [0.4, 0.5) is 5.69 Å². The van der Waals surface area contributed by atoms with Crippen LogP contribution in [0.25, 0.3) is 0 Å². The van der Waals surface area contributed by atoms with Gasteiger partial charge in [-0.05, 0) is 42.8 Å². The van der Waals surface area contributed by atoms with Gasteiger partial charge in [0.05, 0.1) is 6.21 Å². The van der Waals surface area contributed by atoms with Crippen LogP contribution in [0.15, 0.2) is 29.4 Å². The first-order chi connectivity index (χ1) is 11.3. The normalized spacial score (nSPS) is 16.0. The molecule has 1 saturated heterocycles. The second-order valence-electron chi connectivity index (χ2n) is 5.85. The van der Waals surface area contributed by atoms with E-state index in [0.717, 1.165) is 30.9 Å². The highest BCUT2D eigenvalue weighted by atomic mass is 32.1. The van der Waals surface area contributed by atoms with E-state index in [1.807, 2.05) is 13.1 Å². The average molecular weight is 329 g/mol. The Kier molecular flexibility index (Phi) is 5.23. The van der Waals surface area contributed by atoms with Crippen molar-refractivity contribution >= 4 is 24.1 Å². The van der Waals surface area contributed by atoms with E-state index in [1.165, 1.54) is 31.4 Å². The minimum atomic E-state index is 0.527. The van der Waals surface area contributed by atoms with Crippen LogP contribution in [0.3, 0.4) is 0 Å². The highest BCUT2D eigenvalue weighted by molar-refractivity contribution is 7.71. The standard InChI is InChI=1S/C17H23N5S/c1-2-16-19-20-17(23)22(16)18-13-14-7-9-15(10-8-14)21-11-5-3-4-6-12-21/h7-10,13H,2-6,11-12H2,1H3,(H,20,23)/b18-13-. The van der Waals surface area contributed by atoms with Gasteiger partial charge in [-0.1, -0.05) is 31.9 Å². The third-order valence-electron chi connectivity index (χ3n) is 4.22. The number of rotatable bonds is 4. The Balaban J connectivity index is 1.73. The number of aryl methyl sites for hydroxylation is 1. The summed E-state index contributed by atoms with van der Waals surface area (Å²) in [5.74, 6) is 0.840. The van der Waals surface area contributed by atoms with Crippen LogP contribution in [0, 0.1) is 4.77 Å². The molecule has 3 rings (SSSR count). The highest BCUT2D eigenvalue weighted by Crippen LogP contribution is 2.19. The van der Waals surface area contributed by atoms with Gasteiger partial charge in [-0.3, -0.25) is 5.10 Å². The Morgan fingerprint density at radius 1 is 1.17 bits per heavy atom. The molecule has 122 valence electrons. The number of aromatic amines is 1. The molecule has 0 aliphatic carbocycles. The summed E-state index contributed by atoms with van der Waals surface area (Å²) in [6.07, 6.45) is 7.91. The Morgan fingerprint density at radius 3 is 2.52 bits per heavy atom. The molecule has 0 bridgehead atoms. The fourth-order valence-electron chi connectivity index (χ4n) is 2.90. The largest absolute Gasteiger partial charge is 0.372 e. The summed E-state index contributed by atoms with van der Waals surface area (Å²) >= 11 is 5.20. The summed E-state index contributed by atoms with van der Waals surface area (Å²) in [6, 6.07) is 8.59. The van der Waals surface area contributed by atoms with E-state index < -0.39 is 0 Å². The molecule has 0 spiro atoms. The molecule has 1 aromatic heterocycles. The topological polar surface area (TPSA) is 49.2 Å². The molecule has 1 aliphatic rings. The van der Waals surface area contributed by atoms with Crippen molar-refractivity contribution in [2.75, 3.05) is 18.0 Å². The molecule has 6 heteroatoms. The monoisotopic (exact) mass is 329 g/mol. The van der Waals surface area contributed by atoms with E-state index >= 15 is 0 Å². The molecule has 5 nitrogen and oxygen atoms in total. The van der Waals surface area contributed by atoms with Gasteiger partial charge in [-0.2, -0.15) is 14.9 Å². The van der Waals surface area contributed by atoms with Crippen molar-refractivity contribution in [3.05, 3.63) is 40.4 Å². The summed E-state index contributed by atoms with van der Waals surface area (Å²) < 4.78 is 2.21. The van der Waals surface area contributed by atoms with Crippen LogP contribution < -0.4 is 4.90 Å². The van der Waals surface area contributed by atoms with Crippen molar-refractivity contribution in [2.24, 2.45) is 5.10 Å². The van der Waals surface area contributed by atoms with E-state index in [0.29, 0.717) is 4.77 Å². The second kappa shape index (κ2) is 7.55. The maximum absolute atomic E-state index is 5.20. The lowest BCUT2D eigenvalue weighted by atomic mass is 10.2. The van der Waals surface area contributed by atoms with Crippen molar-refractivity contribution in [3.8, 4) is 0 Å². The fourth-order valence-corrected chi connectivity index (χ4v) is 3.09. The summed E-state index contributed by atoms with van der Waals surface area (Å²) in [4.78, 5) is 2.48. The number of H-pyrrole nitrogens is 1. The number of hydrogen-bond acceptors (Lipinski definition) is 4. The molecule has 23 heavy (non-hydrogen) atoms. The number of aromatic nitrogens is 3. The summed E-state index contributed by atoms with van der Waals surface area (Å²) in [5, 5.41) is 11.4. The summed E-state index contributed by atoms with van der Waals surface area (Å²) in [7, 11) is 0. The minimum Gasteiger partial charge on any atom is -0.372 e. The SMILES string of the molecule is CCc1n[nH]c(=S)n1/N=C\c1ccc(N2CCCCCC2)cc1. The number of benzene rings is 1. The van der Waals surface area contributed by atoms with Gasteiger partial charge in [0, 0.05) is 25.2 Å². The molecule has 0 unspecified atom stereocenters. The van der Waals surface area contributed by atoms with Gasteiger partial charge in [-0.25, -0.2) is 0 Å². The van der Waals surface area contributed by atoms with Gasteiger partial charge >= 0.3 is 0 Å². The van der Waals surface area contributed by atoms with Gasteiger partial charge in [-0.15, -0.1) is 0 Å². The predicted octanol–water partition coefficient (Wildman–Crippen LogP) is 3.77. The van der Waals surface area contributed by atoms with Crippen molar-refractivity contribution < 1.29 is 0 Å². The quantitative estimate of drug-likeness (QED) is 0.686. The van der Waals surface area contributed by atoms with Crippen LogP contribution in [0.1, 0.15) is 44.0 Å². The molecule has 1 aliphatic heterocycles. The van der Waals surface area contributed by atoms with Crippen molar-refractivity contribution in [2.45, 2.75) is 39.0 Å². The Labute approximate surface area is 142 Å². The molecular formula is C17H23N5S. The Morgan fingerprint density at radius 2 is 1.87 bits per heavy atom. The fraction of sp³-hybridized carbons (Fsp3) is 0.471. The molecule has 1 N–H and O–H groups in total. The summed E-state index contributed by atoms with van der Waals surface area (Å²) in [6.45, 7) is 4.36. The first-order valence-corrected chi connectivity index (χ1v) is 8.74. The maximum atomic E-state index is 5.20. The third kappa shape index (κ3) is 3.88. The van der Waals surface area contributed by atoms with Crippen molar-refractivity contribution in [3.63, 3.8) is 0 Å². The second-order valence-corrected chi connectivity index (χ2v) is 6.23. The van der Waals surface area contributed by atoms with Gasteiger partial charge in [0.15, 0.2) is 5.82 Å². The first-order valence-electron chi connectivity index (χ1n) is 8.33. The highest BCUT2D eigenvalue weighted by Gasteiger charge is 2.09. The predicted molar refractivity (Wildman–Crippen MR) is 96.9 cm³/mol. The lowest BCUT2D eigenvalue weighted by molar-refractivity contribution is 0.726. The molecule has 1 aromatic carbocycles. The number of hydrogen-bond donors (Lipinski definition) is 1. The maximum Gasteiger partial charge on any atom is 0.216 e. The van der Waals surface area contributed by atoms with E-state index in [4.69, 9.17) is 12.2 Å². The van der Waals surface area contributed by atoms with Crippen LogP contribution in [-0.4, -0.2) is 34.2 Å². The molecule has 0 amide bonds. The zero-order valence-corrected chi connectivity index (χ0v) is 14.4. The zero-order valence-electron chi connectivity index (χ0n) is 13.5. The van der Waals surface area contributed by atoms with Gasteiger partial charge in [0.2, 0.25) is 4.77 Å². The van der Waals surface area contributed by atoms with Crippen LogP contribution in [-0.2, 0) is 6.42 Å². The molecule has 2 heterocycles. The Bertz CT molecular complexity index is 705. The van der Waals surface area contributed by atoms with Crippen molar-refractivity contribution in [1.29, 1.82) is 0 Å². The molecular weight excluding hydrogens is 306 g/mol. The van der Waals surface area contributed by atoms with Gasteiger partial charge in [0.25, 0.3) is 0 Å². The molecule has 1 fully saturated rings. The van der Waals surface area contributed by atoms with Gasteiger partial charge < -0.3 is 4.90 Å². The van der Waals surface area contributed by atoms with Crippen molar-refractivity contribution in [1.82, 2.24) is 14.9 Å². The van der Waals surface area contributed by atoms with Gasteiger partial charge in [0.1, 0.15) is 0 Å². The smallest absolute Gasteiger partial charge is 0.216 e. The van der Waals surface area contributed by atoms with Crippen LogP contribution >= 0.6 is 12.2 Å². The van der Waals surface area contributed by atoms with Crippen LogP contribution in [0.5, 0.6) is 0 Å². The molecule has 0 saturated carbocycles. The molecule has 0 atom stereocenters. The average Bonchev–Trinajstić information content (AvgIpc) is 2.78. The van der Waals surface area contributed by atoms with E-state index in [1.54, 1.807) is 4.68 Å². The lowest BCUT2D eigenvalue weighted by Gasteiger charge is -2.22. The minimum absolute atomic E-state index is 0.527. The molecule has 0 radical (unpaired) electrons. The Hall–Kier alpha value is -1.95. The number of nitrogens with one attached hydrogen (secondary N) is 1. The third-order valence-corrected chi connectivity index (χ3v) is 4.48. The zero-order chi connectivity index (χ0) is 16.1. The van der Waals surface area contributed by atoms with E-state index in [2.05, 4.69) is 44.5 Å².